The number of allylic oxidation sites excluding steroid dienone is 1. The van der Waals surface area contributed by atoms with E-state index in [4.69, 9.17) is 5.11 Å². The molecule has 3 rings (SSSR count). The fraction of sp³-hybridized carbons (Fsp3) is 0.0500. The zero-order chi connectivity index (χ0) is 22.8. The highest BCUT2D eigenvalue weighted by Gasteiger charge is 2.20. The first-order chi connectivity index (χ1) is 14.6. The molecule has 0 fully saturated rings. The number of halogens is 2. The maximum Gasteiger partial charge on any atom is 0.347 e. The molecular weight excluding hydrogens is 432 g/mol. The fourth-order valence-corrected chi connectivity index (χ4v) is 3.75. The van der Waals surface area contributed by atoms with Gasteiger partial charge in [0.15, 0.2) is 0 Å². The monoisotopic (exact) mass is 447 g/mol. The van der Waals surface area contributed by atoms with Crippen LogP contribution >= 0.6 is 0 Å². The molecule has 160 valence electrons. The number of carboxylic acids is 1. The number of anilines is 1. The average molecular weight is 447 g/mol. The summed E-state index contributed by atoms with van der Waals surface area (Å²) in [5.74, 6) is -4.21. The van der Waals surface area contributed by atoms with Crippen molar-refractivity contribution < 1.29 is 27.1 Å². The summed E-state index contributed by atoms with van der Waals surface area (Å²) in [7, 11) is -4.30. The van der Waals surface area contributed by atoms with Crippen LogP contribution < -0.4 is 10.4 Å². The van der Waals surface area contributed by atoms with Gasteiger partial charge >= 0.3 is 11.7 Å². The lowest BCUT2D eigenvalue weighted by Crippen LogP contribution is -2.21. The number of nitrogens with zero attached hydrogens (tertiary/aromatic N) is 2. The molecule has 0 saturated heterocycles. The molecule has 0 saturated carbocycles. The molecule has 0 aliphatic rings. The summed E-state index contributed by atoms with van der Waals surface area (Å²) in [6, 6.07) is 6.24. The molecule has 0 amide bonds. The molecule has 1 heterocycles. The van der Waals surface area contributed by atoms with Gasteiger partial charge < -0.3 is 5.11 Å². The molecule has 31 heavy (non-hydrogen) atoms. The highest BCUT2D eigenvalue weighted by atomic mass is 32.2. The van der Waals surface area contributed by atoms with Crippen LogP contribution in [0.5, 0.6) is 0 Å². The lowest BCUT2D eigenvalue weighted by molar-refractivity contribution is 0.0691. The van der Waals surface area contributed by atoms with Crippen molar-refractivity contribution in [1.29, 1.82) is 0 Å². The lowest BCUT2D eigenvalue weighted by Gasteiger charge is -2.11. The summed E-state index contributed by atoms with van der Waals surface area (Å²) in [6.45, 7) is 3.81. The average Bonchev–Trinajstić information content (AvgIpc) is 2.72. The number of sulfonamides is 1. The summed E-state index contributed by atoms with van der Waals surface area (Å²) >= 11 is 0. The first-order valence-electron chi connectivity index (χ1n) is 8.65. The highest BCUT2D eigenvalue weighted by Crippen LogP contribution is 2.25. The zero-order valence-electron chi connectivity index (χ0n) is 15.7. The minimum Gasteiger partial charge on any atom is -0.478 e. The largest absolute Gasteiger partial charge is 0.478 e. The van der Waals surface area contributed by atoms with Gasteiger partial charge in [0.05, 0.1) is 16.1 Å². The van der Waals surface area contributed by atoms with Gasteiger partial charge in [-0.05, 0) is 23.8 Å². The third-order valence-corrected chi connectivity index (χ3v) is 5.59. The van der Waals surface area contributed by atoms with E-state index >= 15 is 0 Å². The normalized spacial score (nSPS) is 11.2. The number of rotatable bonds is 7. The molecule has 0 spiro atoms. The molecule has 0 aliphatic heterocycles. The van der Waals surface area contributed by atoms with Crippen LogP contribution in [0.25, 0.3) is 11.1 Å². The smallest absolute Gasteiger partial charge is 0.347 e. The van der Waals surface area contributed by atoms with E-state index in [1.807, 2.05) is 4.72 Å². The Morgan fingerprint density at radius 1 is 1.16 bits per heavy atom. The molecule has 3 aromatic rings. The van der Waals surface area contributed by atoms with Gasteiger partial charge in [0.1, 0.15) is 11.6 Å². The molecule has 2 N–H and O–H groups in total. The fourth-order valence-electron chi connectivity index (χ4n) is 2.69. The van der Waals surface area contributed by atoms with E-state index in [9.17, 15) is 26.8 Å². The van der Waals surface area contributed by atoms with Crippen molar-refractivity contribution in [1.82, 2.24) is 9.55 Å². The first kappa shape index (κ1) is 21.8. The van der Waals surface area contributed by atoms with Crippen LogP contribution in [-0.4, -0.2) is 29.0 Å². The molecule has 0 aliphatic carbocycles. The molecule has 0 unspecified atom stereocenters. The van der Waals surface area contributed by atoms with Gasteiger partial charge in [0, 0.05) is 30.6 Å². The van der Waals surface area contributed by atoms with Crippen LogP contribution in [0.4, 0.5) is 14.5 Å². The van der Waals surface area contributed by atoms with Crippen molar-refractivity contribution in [3.05, 3.63) is 89.1 Å². The predicted octanol–water partition coefficient (Wildman–Crippen LogP) is 2.87. The summed E-state index contributed by atoms with van der Waals surface area (Å²) in [5.41, 5.74) is -0.998. The number of carbonyl (C=O) groups is 1. The minimum atomic E-state index is -4.30. The van der Waals surface area contributed by atoms with E-state index in [0.29, 0.717) is 23.3 Å². The Morgan fingerprint density at radius 2 is 1.84 bits per heavy atom. The van der Waals surface area contributed by atoms with E-state index in [-0.39, 0.29) is 11.4 Å². The maximum atomic E-state index is 14.1. The van der Waals surface area contributed by atoms with Crippen LogP contribution in [0.2, 0.25) is 0 Å². The molecular formula is C20H15F2N3O5S. The number of aromatic nitrogens is 2. The van der Waals surface area contributed by atoms with Crippen LogP contribution in [0.3, 0.4) is 0 Å². The van der Waals surface area contributed by atoms with E-state index in [2.05, 4.69) is 11.6 Å². The highest BCUT2D eigenvalue weighted by molar-refractivity contribution is 7.92. The summed E-state index contributed by atoms with van der Waals surface area (Å²) in [4.78, 5) is 26.0. The molecule has 0 radical (unpaired) electrons. The summed E-state index contributed by atoms with van der Waals surface area (Å²) < 4.78 is 56.1. The Labute approximate surface area is 175 Å². The lowest BCUT2D eigenvalue weighted by atomic mass is 10.1. The van der Waals surface area contributed by atoms with Crippen LogP contribution in [-0.2, 0) is 16.6 Å². The molecule has 0 bridgehead atoms. The quantitative estimate of drug-likeness (QED) is 0.538. The van der Waals surface area contributed by atoms with Gasteiger partial charge in [-0.3, -0.25) is 9.29 Å². The number of aromatic carboxylic acids is 1. The standard InChI is InChI=1S/C20H15F2N3O5S/c1-2-7-25-11-13(10-23-20(25)28)12-3-5-14(6-4-12)31(29,30)24-18-9-16(21)15(19(26)27)8-17(18)22/h2-6,8-11,24H,1,7H2,(H,26,27). The number of benzene rings is 2. The van der Waals surface area contributed by atoms with Crippen LogP contribution in [0.15, 0.2) is 71.1 Å². The number of nitrogens with one attached hydrogen (secondary N) is 1. The van der Waals surface area contributed by atoms with Gasteiger partial charge in [-0.25, -0.2) is 31.8 Å². The third kappa shape index (κ3) is 4.67. The van der Waals surface area contributed by atoms with Gasteiger partial charge in [0.2, 0.25) is 0 Å². The topological polar surface area (TPSA) is 118 Å². The second-order valence-corrected chi connectivity index (χ2v) is 8.00. The SMILES string of the molecule is C=CCn1cc(-c2ccc(S(=O)(=O)Nc3cc(F)c(C(=O)O)cc3F)cc2)cnc1=O. The van der Waals surface area contributed by atoms with E-state index in [1.54, 1.807) is 6.20 Å². The summed E-state index contributed by atoms with van der Waals surface area (Å²) in [6.07, 6.45) is 4.41. The first-order valence-corrected chi connectivity index (χ1v) is 10.1. The Hall–Kier alpha value is -3.86. The minimum absolute atomic E-state index is 0.245. The molecule has 1 aromatic heterocycles. The van der Waals surface area contributed by atoms with Gasteiger partial charge in [0.25, 0.3) is 10.0 Å². The Morgan fingerprint density at radius 3 is 2.45 bits per heavy atom. The van der Waals surface area contributed by atoms with Crippen LogP contribution in [0.1, 0.15) is 10.4 Å². The second-order valence-electron chi connectivity index (χ2n) is 6.31. The molecule has 11 heteroatoms. The van der Waals surface area contributed by atoms with Crippen molar-refractivity contribution in [3.63, 3.8) is 0 Å². The Balaban J connectivity index is 1.89. The van der Waals surface area contributed by atoms with Crippen LogP contribution in [0, 0.1) is 11.6 Å². The maximum absolute atomic E-state index is 14.1. The number of hydrogen-bond acceptors (Lipinski definition) is 5. The Bertz CT molecular complexity index is 1340. The van der Waals surface area contributed by atoms with Crippen molar-refractivity contribution in [2.24, 2.45) is 0 Å². The van der Waals surface area contributed by atoms with E-state index in [0.717, 1.165) is 0 Å². The number of carboxylic acid groups (broad SMARTS) is 1. The van der Waals surface area contributed by atoms with Crippen molar-refractivity contribution in [2.45, 2.75) is 11.4 Å². The summed E-state index contributed by atoms with van der Waals surface area (Å²) in [5, 5.41) is 8.80. The second kappa shape index (κ2) is 8.48. The van der Waals surface area contributed by atoms with E-state index in [1.165, 1.54) is 41.1 Å². The van der Waals surface area contributed by atoms with Crippen molar-refractivity contribution in [3.8, 4) is 11.1 Å². The zero-order valence-corrected chi connectivity index (χ0v) is 16.6. The number of hydrogen-bond donors (Lipinski definition) is 2. The Kier molecular flexibility index (Phi) is 5.97. The van der Waals surface area contributed by atoms with Gasteiger partial charge in [-0.15, -0.1) is 6.58 Å². The van der Waals surface area contributed by atoms with E-state index < -0.39 is 44.6 Å². The molecule has 8 nitrogen and oxygen atoms in total. The molecule has 0 atom stereocenters. The van der Waals surface area contributed by atoms with Crippen molar-refractivity contribution >= 4 is 21.7 Å². The van der Waals surface area contributed by atoms with Crippen molar-refractivity contribution in [2.75, 3.05) is 4.72 Å². The molecule has 2 aromatic carbocycles. The predicted molar refractivity (Wildman–Crippen MR) is 108 cm³/mol. The van der Waals surface area contributed by atoms with Gasteiger partial charge in [-0.2, -0.15) is 0 Å². The third-order valence-electron chi connectivity index (χ3n) is 4.21. The van der Waals surface area contributed by atoms with Gasteiger partial charge in [-0.1, -0.05) is 18.2 Å².